The fraction of sp³-hybridized carbons (Fsp3) is 0.385. The van der Waals surface area contributed by atoms with Crippen LogP contribution in [-0.4, -0.2) is 43.5 Å². The Morgan fingerprint density at radius 2 is 1.94 bits per heavy atom. The van der Waals surface area contributed by atoms with Crippen LogP contribution in [-0.2, 0) is 11.8 Å². The van der Waals surface area contributed by atoms with Gasteiger partial charge in [0, 0.05) is 42.5 Å². The van der Waals surface area contributed by atoms with E-state index in [-0.39, 0.29) is 28.8 Å². The van der Waals surface area contributed by atoms with E-state index in [1.807, 2.05) is 23.9 Å². The number of ether oxygens (including phenoxy) is 1. The number of benzene rings is 1. The second-order valence-electron chi connectivity index (χ2n) is 9.70. The number of fused-ring (bicyclic) bond motifs is 1. The molecule has 6 rings (SSSR count). The van der Waals surface area contributed by atoms with Crippen LogP contribution in [0.1, 0.15) is 43.3 Å². The minimum atomic E-state index is -0.502. The van der Waals surface area contributed by atoms with Gasteiger partial charge in [-0.15, -0.1) is 0 Å². The van der Waals surface area contributed by atoms with Crippen LogP contribution in [0.5, 0.6) is 0 Å². The van der Waals surface area contributed by atoms with Crippen LogP contribution in [0, 0.1) is 12.7 Å². The lowest BCUT2D eigenvalue weighted by molar-refractivity contribution is -0.0173. The van der Waals surface area contributed by atoms with Crippen LogP contribution in [0.15, 0.2) is 41.5 Å². The molecule has 4 aromatic rings. The summed E-state index contributed by atoms with van der Waals surface area (Å²) >= 11 is 5.98. The number of morpholine rings is 1. The zero-order valence-corrected chi connectivity index (χ0v) is 21.0. The van der Waals surface area contributed by atoms with Gasteiger partial charge in [-0.2, -0.15) is 5.10 Å². The van der Waals surface area contributed by atoms with Crippen molar-refractivity contribution < 1.29 is 9.13 Å². The standard InChI is InChI=1S/C26H26ClFN6O2/c1-14-11-33(13-23(36-14)16-10-29-34(12-16)18-5-6-18)22-9-21(19-7-4-17(27)8-20(19)28)31-25-24(22)30-15(2)32(3)26(25)35/h4,7-10,12,14,18,23H,5-6,11,13H2,1-3H3/t14-,23-/m1/s1. The molecular formula is C26H26ClFN6O2. The molecule has 0 bridgehead atoms. The van der Waals surface area contributed by atoms with E-state index in [2.05, 4.69) is 21.2 Å². The Hall–Kier alpha value is -3.30. The highest BCUT2D eigenvalue weighted by molar-refractivity contribution is 6.30. The third-order valence-electron chi connectivity index (χ3n) is 6.96. The molecule has 0 radical (unpaired) electrons. The summed E-state index contributed by atoms with van der Waals surface area (Å²) in [6, 6.07) is 6.74. The summed E-state index contributed by atoms with van der Waals surface area (Å²) in [6.07, 6.45) is 5.96. The van der Waals surface area contributed by atoms with Crippen molar-refractivity contribution in [2.24, 2.45) is 7.05 Å². The second-order valence-corrected chi connectivity index (χ2v) is 10.1. The van der Waals surface area contributed by atoms with E-state index >= 15 is 0 Å². The van der Waals surface area contributed by atoms with E-state index in [4.69, 9.17) is 21.3 Å². The van der Waals surface area contributed by atoms with Gasteiger partial charge in [0.1, 0.15) is 23.3 Å². The number of aryl methyl sites for hydroxylation is 1. The number of pyridine rings is 1. The minimum absolute atomic E-state index is 0.0837. The highest BCUT2D eigenvalue weighted by Gasteiger charge is 2.31. The molecule has 36 heavy (non-hydrogen) atoms. The predicted molar refractivity (Wildman–Crippen MR) is 136 cm³/mol. The Morgan fingerprint density at radius 1 is 1.14 bits per heavy atom. The van der Waals surface area contributed by atoms with Crippen molar-refractivity contribution in [3.8, 4) is 11.3 Å². The van der Waals surface area contributed by atoms with Crippen LogP contribution in [0.2, 0.25) is 5.02 Å². The molecule has 1 aliphatic heterocycles. The molecule has 2 aliphatic rings. The quantitative estimate of drug-likeness (QED) is 0.401. The summed E-state index contributed by atoms with van der Waals surface area (Å²) in [4.78, 5) is 24.7. The molecule has 0 spiro atoms. The van der Waals surface area contributed by atoms with Crippen LogP contribution in [0.4, 0.5) is 10.1 Å². The Kier molecular flexibility index (Phi) is 5.57. The largest absolute Gasteiger partial charge is 0.367 e. The molecule has 2 fully saturated rings. The SMILES string of the molecule is Cc1nc2c(N3C[C@@H](C)O[C@@H](c4cnn(C5CC5)c4)C3)cc(-c3ccc(Cl)cc3F)nc2c(=O)n1C. The maximum Gasteiger partial charge on any atom is 0.279 e. The molecule has 0 unspecified atom stereocenters. The molecule has 1 saturated carbocycles. The van der Waals surface area contributed by atoms with E-state index in [1.54, 1.807) is 26.1 Å². The first-order chi connectivity index (χ1) is 17.3. The lowest BCUT2D eigenvalue weighted by Crippen LogP contribution is -2.43. The number of hydrogen-bond acceptors (Lipinski definition) is 6. The molecule has 3 aromatic heterocycles. The Bertz CT molecular complexity index is 1550. The average Bonchev–Trinajstić information content (AvgIpc) is 3.58. The summed E-state index contributed by atoms with van der Waals surface area (Å²) in [7, 11) is 1.66. The zero-order valence-electron chi connectivity index (χ0n) is 20.3. The van der Waals surface area contributed by atoms with Gasteiger partial charge in [0.15, 0.2) is 5.52 Å². The van der Waals surface area contributed by atoms with Crippen molar-refractivity contribution in [1.82, 2.24) is 24.3 Å². The van der Waals surface area contributed by atoms with Crippen molar-refractivity contribution in [2.45, 2.75) is 44.9 Å². The van der Waals surface area contributed by atoms with Crippen LogP contribution >= 0.6 is 11.6 Å². The first kappa shape index (κ1) is 23.1. The van der Waals surface area contributed by atoms with E-state index < -0.39 is 5.82 Å². The van der Waals surface area contributed by atoms with Gasteiger partial charge in [-0.05, 0) is 51.0 Å². The lowest BCUT2D eigenvalue weighted by atomic mass is 10.1. The van der Waals surface area contributed by atoms with Gasteiger partial charge < -0.3 is 9.64 Å². The van der Waals surface area contributed by atoms with Crippen molar-refractivity contribution in [3.63, 3.8) is 0 Å². The maximum atomic E-state index is 14.9. The summed E-state index contributed by atoms with van der Waals surface area (Å²) in [6.45, 7) is 4.93. The minimum Gasteiger partial charge on any atom is -0.367 e. The van der Waals surface area contributed by atoms with Gasteiger partial charge in [0.2, 0.25) is 0 Å². The second kappa shape index (κ2) is 8.67. The van der Waals surface area contributed by atoms with E-state index in [0.29, 0.717) is 41.2 Å². The molecule has 10 heteroatoms. The molecule has 1 aliphatic carbocycles. The lowest BCUT2D eigenvalue weighted by Gasteiger charge is -2.38. The van der Waals surface area contributed by atoms with Crippen molar-refractivity contribution in [3.05, 3.63) is 69.2 Å². The normalized spacial score (nSPS) is 20.3. The molecular weight excluding hydrogens is 483 g/mol. The first-order valence-corrected chi connectivity index (χ1v) is 12.4. The molecule has 0 amide bonds. The fourth-order valence-corrected chi connectivity index (χ4v) is 4.95. The van der Waals surface area contributed by atoms with Crippen molar-refractivity contribution >= 4 is 28.3 Å². The van der Waals surface area contributed by atoms with Gasteiger partial charge >= 0.3 is 0 Å². The maximum absolute atomic E-state index is 14.9. The molecule has 8 nitrogen and oxygen atoms in total. The van der Waals surface area contributed by atoms with Crippen LogP contribution in [0.25, 0.3) is 22.3 Å². The predicted octanol–water partition coefficient (Wildman–Crippen LogP) is 4.59. The molecule has 2 atom stereocenters. The molecule has 1 saturated heterocycles. The van der Waals surface area contributed by atoms with E-state index in [9.17, 15) is 9.18 Å². The molecule has 0 N–H and O–H groups in total. The Balaban J connectivity index is 1.48. The highest BCUT2D eigenvalue weighted by Crippen LogP contribution is 2.37. The van der Waals surface area contributed by atoms with Crippen LogP contribution < -0.4 is 10.5 Å². The van der Waals surface area contributed by atoms with Crippen molar-refractivity contribution in [2.75, 3.05) is 18.0 Å². The highest BCUT2D eigenvalue weighted by atomic mass is 35.5. The molecule has 186 valence electrons. The van der Waals surface area contributed by atoms with E-state index in [0.717, 1.165) is 24.1 Å². The number of rotatable bonds is 4. The van der Waals surface area contributed by atoms with Crippen molar-refractivity contribution in [1.29, 1.82) is 0 Å². The third kappa shape index (κ3) is 4.06. The monoisotopic (exact) mass is 508 g/mol. The molecule has 4 heterocycles. The number of anilines is 1. The smallest absolute Gasteiger partial charge is 0.279 e. The zero-order chi connectivity index (χ0) is 25.1. The van der Waals surface area contributed by atoms with Gasteiger partial charge in [0.25, 0.3) is 5.56 Å². The first-order valence-electron chi connectivity index (χ1n) is 12.1. The fourth-order valence-electron chi connectivity index (χ4n) is 4.79. The Labute approximate surface area is 212 Å². The number of halogens is 2. The van der Waals surface area contributed by atoms with Crippen LogP contribution in [0.3, 0.4) is 0 Å². The average molecular weight is 509 g/mol. The summed E-state index contributed by atoms with van der Waals surface area (Å²) in [5, 5.41) is 4.82. The number of hydrogen-bond donors (Lipinski definition) is 0. The third-order valence-corrected chi connectivity index (χ3v) is 7.20. The summed E-state index contributed by atoms with van der Waals surface area (Å²) in [5.74, 6) is 0.0717. The van der Waals surface area contributed by atoms with Gasteiger partial charge in [-0.25, -0.2) is 14.4 Å². The Morgan fingerprint density at radius 3 is 2.69 bits per heavy atom. The topological polar surface area (TPSA) is 78.1 Å². The number of aromatic nitrogens is 5. The van der Waals surface area contributed by atoms with E-state index in [1.165, 1.54) is 10.6 Å². The molecule has 1 aromatic carbocycles. The summed E-state index contributed by atoms with van der Waals surface area (Å²) < 4.78 is 24.7. The van der Waals surface area contributed by atoms with Gasteiger partial charge in [-0.1, -0.05) is 11.6 Å². The number of nitrogens with zero attached hydrogens (tertiary/aromatic N) is 6. The summed E-state index contributed by atoms with van der Waals surface area (Å²) in [5.41, 5.74) is 2.78. The van der Waals surface area contributed by atoms with Gasteiger partial charge in [-0.3, -0.25) is 14.0 Å². The van der Waals surface area contributed by atoms with Gasteiger partial charge in [0.05, 0.1) is 29.7 Å².